The van der Waals surface area contributed by atoms with Gasteiger partial charge < -0.3 is 9.47 Å². The molecule has 152 valence electrons. The molecule has 0 bridgehead atoms. The van der Waals surface area contributed by atoms with E-state index in [0.29, 0.717) is 28.8 Å². The molecule has 0 saturated heterocycles. The van der Waals surface area contributed by atoms with Crippen LogP contribution in [0.2, 0.25) is 5.02 Å². The first-order chi connectivity index (χ1) is 13.9. The van der Waals surface area contributed by atoms with Gasteiger partial charge in [-0.25, -0.2) is 8.42 Å². The molecule has 0 aliphatic rings. The number of anilines is 1. The molecule has 0 amide bonds. The third kappa shape index (κ3) is 5.02. The zero-order valence-corrected chi connectivity index (χ0v) is 17.8. The van der Waals surface area contributed by atoms with Crippen molar-refractivity contribution in [3.8, 4) is 11.5 Å². The fourth-order valence-corrected chi connectivity index (χ4v) is 4.40. The van der Waals surface area contributed by atoms with E-state index >= 15 is 0 Å². The number of hydrogen-bond donors (Lipinski definition) is 0. The van der Waals surface area contributed by atoms with Gasteiger partial charge in [-0.05, 0) is 73.2 Å². The Labute approximate surface area is 176 Å². The minimum atomic E-state index is -3.81. The molecule has 0 fully saturated rings. The molecule has 29 heavy (non-hydrogen) atoms. The maximum Gasteiger partial charge on any atom is 0.264 e. The van der Waals surface area contributed by atoms with Gasteiger partial charge in [-0.15, -0.1) is 0 Å². The van der Waals surface area contributed by atoms with Crippen molar-refractivity contribution in [2.75, 3.05) is 18.0 Å². The average molecular weight is 432 g/mol. The molecule has 7 heteroatoms. The van der Waals surface area contributed by atoms with Crippen LogP contribution in [0.5, 0.6) is 11.5 Å². The quantitative estimate of drug-likeness (QED) is 0.495. The first kappa shape index (κ1) is 21.0. The van der Waals surface area contributed by atoms with Crippen LogP contribution in [0.3, 0.4) is 0 Å². The van der Waals surface area contributed by atoms with Crippen molar-refractivity contribution in [1.82, 2.24) is 0 Å². The summed E-state index contributed by atoms with van der Waals surface area (Å²) in [5.41, 5.74) is 1.36. The van der Waals surface area contributed by atoms with Crippen molar-refractivity contribution in [3.05, 3.63) is 83.4 Å². The summed E-state index contributed by atoms with van der Waals surface area (Å²) in [5, 5.41) is 0.597. The molecule has 0 aliphatic carbocycles. The number of rotatable bonds is 8. The number of ether oxygens (including phenoxy) is 2. The Balaban J connectivity index is 2.01. The second kappa shape index (κ2) is 9.20. The summed E-state index contributed by atoms with van der Waals surface area (Å²) in [5.74, 6) is 1.28. The molecular formula is C22H22ClNO4S. The standard InChI is InChI=1S/C22H22ClNO4S/c1-3-28-21-10-8-19(9-11-21)24(16-17-4-6-18(23)7-5-17)29(25,26)22-14-12-20(27-2)13-15-22/h4-15H,3,16H2,1-2H3. The number of sulfonamides is 1. The molecule has 0 aromatic heterocycles. The first-order valence-corrected chi connectivity index (χ1v) is 10.9. The van der Waals surface area contributed by atoms with Crippen molar-refractivity contribution in [2.45, 2.75) is 18.4 Å². The van der Waals surface area contributed by atoms with Gasteiger partial charge in [0.2, 0.25) is 0 Å². The summed E-state index contributed by atoms with van der Waals surface area (Å²) in [6, 6.07) is 20.5. The molecule has 0 heterocycles. The maximum atomic E-state index is 13.4. The highest BCUT2D eigenvalue weighted by molar-refractivity contribution is 7.92. The molecule has 5 nitrogen and oxygen atoms in total. The molecule has 0 saturated carbocycles. The van der Waals surface area contributed by atoms with Gasteiger partial charge in [-0.3, -0.25) is 4.31 Å². The van der Waals surface area contributed by atoms with E-state index in [1.165, 1.54) is 23.5 Å². The monoisotopic (exact) mass is 431 g/mol. The van der Waals surface area contributed by atoms with Crippen LogP contribution in [0, 0.1) is 0 Å². The second-order valence-electron chi connectivity index (χ2n) is 6.24. The van der Waals surface area contributed by atoms with Crippen LogP contribution in [0.15, 0.2) is 77.7 Å². The average Bonchev–Trinajstić information content (AvgIpc) is 2.74. The number of hydrogen-bond acceptors (Lipinski definition) is 4. The molecule has 3 aromatic carbocycles. The van der Waals surface area contributed by atoms with Gasteiger partial charge in [0.25, 0.3) is 10.0 Å². The van der Waals surface area contributed by atoms with Gasteiger partial charge in [0.05, 0.1) is 30.8 Å². The second-order valence-corrected chi connectivity index (χ2v) is 8.54. The van der Waals surface area contributed by atoms with Crippen LogP contribution >= 0.6 is 11.6 Å². The summed E-state index contributed by atoms with van der Waals surface area (Å²) in [4.78, 5) is 0.182. The van der Waals surface area contributed by atoms with Crippen molar-refractivity contribution < 1.29 is 17.9 Å². The van der Waals surface area contributed by atoms with Crippen LogP contribution in [0.1, 0.15) is 12.5 Å². The number of methoxy groups -OCH3 is 1. The van der Waals surface area contributed by atoms with E-state index in [-0.39, 0.29) is 11.4 Å². The molecule has 0 spiro atoms. The normalized spacial score (nSPS) is 11.1. The first-order valence-electron chi connectivity index (χ1n) is 9.08. The summed E-state index contributed by atoms with van der Waals surface area (Å²) in [6.07, 6.45) is 0. The lowest BCUT2D eigenvalue weighted by Gasteiger charge is -2.25. The predicted octanol–water partition coefficient (Wildman–Crippen LogP) is 5.14. The predicted molar refractivity (Wildman–Crippen MR) is 115 cm³/mol. The van der Waals surface area contributed by atoms with Crippen LogP contribution < -0.4 is 13.8 Å². The van der Waals surface area contributed by atoms with E-state index in [9.17, 15) is 8.42 Å². The minimum Gasteiger partial charge on any atom is -0.497 e. The summed E-state index contributed by atoms with van der Waals surface area (Å²) in [7, 11) is -2.27. The van der Waals surface area contributed by atoms with Crippen LogP contribution in [-0.4, -0.2) is 22.1 Å². The lowest BCUT2D eigenvalue weighted by atomic mass is 10.2. The molecule has 3 rings (SSSR count). The number of benzene rings is 3. The zero-order valence-electron chi connectivity index (χ0n) is 16.2. The van der Waals surface area contributed by atoms with Crippen molar-refractivity contribution in [1.29, 1.82) is 0 Å². The third-order valence-corrected chi connectivity index (χ3v) is 6.36. The zero-order chi connectivity index (χ0) is 20.9. The Morgan fingerprint density at radius 2 is 1.45 bits per heavy atom. The van der Waals surface area contributed by atoms with E-state index in [2.05, 4.69) is 0 Å². The lowest BCUT2D eigenvalue weighted by Crippen LogP contribution is -2.30. The summed E-state index contributed by atoms with van der Waals surface area (Å²) in [6.45, 7) is 2.60. The fourth-order valence-electron chi connectivity index (χ4n) is 2.82. The van der Waals surface area contributed by atoms with Gasteiger partial charge in [0.15, 0.2) is 0 Å². The SMILES string of the molecule is CCOc1ccc(N(Cc2ccc(Cl)cc2)S(=O)(=O)c2ccc(OC)cc2)cc1. The Morgan fingerprint density at radius 3 is 2.00 bits per heavy atom. The van der Waals surface area contributed by atoms with Crippen LogP contribution in [0.25, 0.3) is 0 Å². The minimum absolute atomic E-state index is 0.166. The molecule has 0 radical (unpaired) electrons. The Hall–Kier alpha value is -2.70. The topological polar surface area (TPSA) is 55.8 Å². The highest BCUT2D eigenvalue weighted by atomic mass is 35.5. The summed E-state index contributed by atoms with van der Waals surface area (Å²) >= 11 is 5.97. The van der Waals surface area contributed by atoms with Gasteiger partial charge in [0.1, 0.15) is 11.5 Å². The van der Waals surface area contributed by atoms with Gasteiger partial charge in [-0.1, -0.05) is 23.7 Å². The van der Waals surface area contributed by atoms with Gasteiger partial charge in [0, 0.05) is 5.02 Å². The maximum absolute atomic E-state index is 13.4. The molecule has 0 atom stereocenters. The Bertz CT molecular complexity index is 1030. The van der Waals surface area contributed by atoms with E-state index in [1.807, 2.05) is 19.1 Å². The van der Waals surface area contributed by atoms with Crippen LogP contribution in [-0.2, 0) is 16.6 Å². The lowest BCUT2D eigenvalue weighted by molar-refractivity contribution is 0.340. The van der Waals surface area contributed by atoms with E-state index in [4.69, 9.17) is 21.1 Å². The number of nitrogens with zero attached hydrogens (tertiary/aromatic N) is 1. The van der Waals surface area contributed by atoms with Gasteiger partial charge in [-0.2, -0.15) is 0 Å². The van der Waals surface area contributed by atoms with Crippen molar-refractivity contribution in [2.24, 2.45) is 0 Å². The van der Waals surface area contributed by atoms with Gasteiger partial charge >= 0.3 is 0 Å². The van der Waals surface area contributed by atoms with E-state index in [0.717, 1.165) is 5.56 Å². The molecule has 3 aromatic rings. The Kier molecular flexibility index (Phi) is 6.67. The molecular weight excluding hydrogens is 410 g/mol. The molecule has 0 aliphatic heterocycles. The number of halogens is 1. The van der Waals surface area contributed by atoms with Crippen molar-refractivity contribution in [3.63, 3.8) is 0 Å². The highest BCUT2D eigenvalue weighted by Crippen LogP contribution is 2.29. The summed E-state index contributed by atoms with van der Waals surface area (Å²) < 4.78 is 38.9. The largest absolute Gasteiger partial charge is 0.497 e. The molecule has 0 N–H and O–H groups in total. The van der Waals surface area contributed by atoms with Crippen molar-refractivity contribution >= 4 is 27.3 Å². The third-order valence-electron chi connectivity index (χ3n) is 4.32. The van der Waals surface area contributed by atoms with E-state index in [1.54, 1.807) is 48.5 Å². The van der Waals surface area contributed by atoms with Crippen LogP contribution in [0.4, 0.5) is 5.69 Å². The smallest absolute Gasteiger partial charge is 0.264 e. The fraction of sp³-hybridized carbons (Fsp3) is 0.182. The Morgan fingerprint density at radius 1 is 0.862 bits per heavy atom. The van der Waals surface area contributed by atoms with E-state index < -0.39 is 10.0 Å². The highest BCUT2D eigenvalue weighted by Gasteiger charge is 2.25. The molecule has 0 unspecified atom stereocenters.